The normalized spacial score (nSPS) is 10.4. The summed E-state index contributed by atoms with van der Waals surface area (Å²) in [6, 6.07) is 12.5. The molecular weight excluding hydrogens is 442 g/mol. The number of nitrogens with one attached hydrogen (secondary N) is 1. The minimum absolute atomic E-state index is 0.0393. The van der Waals surface area contributed by atoms with Crippen LogP contribution in [-0.4, -0.2) is 36.1 Å². The van der Waals surface area contributed by atoms with Gasteiger partial charge >= 0.3 is 5.97 Å². The zero-order chi connectivity index (χ0) is 23.8. The van der Waals surface area contributed by atoms with Crippen molar-refractivity contribution in [2.45, 2.75) is 31.2 Å². The molecule has 0 aliphatic carbocycles. The lowest BCUT2D eigenvalue weighted by atomic mass is 10.2. The smallest absolute Gasteiger partial charge is 0.303 e. The molecular formula is C24H25N3O5S. The number of aromatic nitrogens is 2. The Balaban J connectivity index is 1.75. The number of nitrogens with zero attached hydrogens (tertiary/aromatic N) is 2. The van der Waals surface area contributed by atoms with E-state index in [1.807, 2.05) is 18.2 Å². The minimum Gasteiger partial charge on any atom is -0.497 e. The molecule has 0 fully saturated rings. The number of esters is 1. The van der Waals surface area contributed by atoms with Crippen LogP contribution < -0.4 is 14.8 Å². The predicted molar refractivity (Wildman–Crippen MR) is 126 cm³/mol. The first-order valence-corrected chi connectivity index (χ1v) is 11.1. The van der Waals surface area contributed by atoms with Gasteiger partial charge in [0.1, 0.15) is 23.1 Å². The van der Waals surface area contributed by atoms with E-state index in [0.717, 1.165) is 5.56 Å². The fraction of sp³-hybridized carbons (Fsp3) is 0.250. The number of carbonyl (C=O) groups excluding carboxylic acids is 2. The number of pyridine rings is 2. The number of amides is 1. The van der Waals surface area contributed by atoms with Crippen LogP contribution >= 0.6 is 11.8 Å². The summed E-state index contributed by atoms with van der Waals surface area (Å²) in [5.41, 5.74) is 3.22. The lowest BCUT2D eigenvalue weighted by Gasteiger charge is -2.12. The topological polar surface area (TPSA) is 99.6 Å². The fourth-order valence-electron chi connectivity index (χ4n) is 3.05. The molecule has 1 N–H and O–H groups in total. The van der Waals surface area contributed by atoms with E-state index in [9.17, 15) is 9.59 Å². The molecule has 0 saturated heterocycles. The summed E-state index contributed by atoms with van der Waals surface area (Å²) >= 11 is 1.44. The van der Waals surface area contributed by atoms with Crippen LogP contribution in [0, 0.1) is 6.92 Å². The Kier molecular flexibility index (Phi) is 8.26. The van der Waals surface area contributed by atoms with Crippen molar-refractivity contribution in [2.75, 3.05) is 19.5 Å². The molecule has 0 saturated carbocycles. The van der Waals surface area contributed by atoms with Crippen LogP contribution in [0.15, 0.2) is 53.7 Å². The summed E-state index contributed by atoms with van der Waals surface area (Å²) in [6.07, 6.45) is 1.65. The summed E-state index contributed by atoms with van der Waals surface area (Å²) in [5.74, 6) is 1.28. The highest BCUT2D eigenvalue weighted by atomic mass is 32.2. The highest BCUT2D eigenvalue weighted by Crippen LogP contribution is 2.31. The van der Waals surface area contributed by atoms with Gasteiger partial charge in [0.2, 0.25) is 0 Å². The summed E-state index contributed by atoms with van der Waals surface area (Å²) in [7, 11) is 3.21. The molecule has 1 aromatic carbocycles. The maximum absolute atomic E-state index is 13.0. The third-order valence-electron chi connectivity index (χ3n) is 4.56. The summed E-state index contributed by atoms with van der Waals surface area (Å²) in [6.45, 7) is 3.18. The Morgan fingerprint density at radius 2 is 1.91 bits per heavy atom. The van der Waals surface area contributed by atoms with Gasteiger partial charge in [-0.1, -0.05) is 6.07 Å². The molecule has 3 aromatic rings. The second-order valence-corrected chi connectivity index (χ2v) is 8.01. The van der Waals surface area contributed by atoms with Crippen molar-refractivity contribution >= 4 is 29.3 Å². The number of hydrogen-bond acceptors (Lipinski definition) is 8. The summed E-state index contributed by atoms with van der Waals surface area (Å²) in [5, 5.41) is 3.49. The molecule has 0 aliphatic heterocycles. The van der Waals surface area contributed by atoms with Gasteiger partial charge in [-0.2, -0.15) is 0 Å². The average Bonchev–Trinajstić information content (AvgIpc) is 2.81. The Morgan fingerprint density at radius 3 is 2.64 bits per heavy atom. The molecule has 172 valence electrons. The number of carbonyl (C=O) groups is 2. The highest BCUT2D eigenvalue weighted by Gasteiger charge is 2.15. The maximum Gasteiger partial charge on any atom is 0.303 e. The Morgan fingerprint density at radius 1 is 1.09 bits per heavy atom. The lowest BCUT2D eigenvalue weighted by molar-refractivity contribution is -0.142. The summed E-state index contributed by atoms with van der Waals surface area (Å²) < 4.78 is 15.7. The molecule has 0 atom stereocenters. The molecule has 8 nitrogen and oxygen atoms in total. The first kappa shape index (κ1) is 24.1. The van der Waals surface area contributed by atoms with Gasteiger partial charge in [0.25, 0.3) is 5.91 Å². The van der Waals surface area contributed by atoms with Gasteiger partial charge in [-0.05, 0) is 37.3 Å². The quantitative estimate of drug-likeness (QED) is 0.365. The number of thioether (sulfide) groups is 1. The number of methoxy groups -OCH3 is 2. The van der Waals surface area contributed by atoms with Gasteiger partial charge in [-0.3, -0.25) is 14.6 Å². The van der Waals surface area contributed by atoms with Crippen LogP contribution in [-0.2, 0) is 21.9 Å². The van der Waals surface area contributed by atoms with Gasteiger partial charge in [0, 0.05) is 41.9 Å². The van der Waals surface area contributed by atoms with Crippen LogP contribution in [0.5, 0.6) is 11.5 Å². The van der Waals surface area contributed by atoms with Gasteiger partial charge < -0.3 is 19.5 Å². The van der Waals surface area contributed by atoms with Crippen molar-refractivity contribution in [1.82, 2.24) is 9.97 Å². The van der Waals surface area contributed by atoms with E-state index < -0.39 is 5.97 Å². The Hall–Kier alpha value is -3.59. The molecule has 0 unspecified atom stereocenters. The van der Waals surface area contributed by atoms with Gasteiger partial charge in [0.05, 0.1) is 25.5 Å². The molecule has 2 aromatic heterocycles. The van der Waals surface area contributed by atoms with Crippen molar-refractivity contribution in [3.63, 3.8) is 0 Å². The Bertz CT molecular complexity index is 1150. The predicted octanol–water partition coefficient (Wildman–Crippen LogP) is 4.41. The monoisotopic (exact) mass is 467 g/mol. The molecule has 9 heteroatoms. The van der Waals surface area contributed by atoms with E-state index in [1.54, 1.807) is 51.6 Å². The number of ether oxygens (including phenoxy) is 3. The highest BCUT2D eigenvalue weighted by molar-refractivity contribution is 7.98. The third-order valence-corrected chi connectivity index (χ3v) is 5.62. The van der Waals surface area contributed by atoms with Gasteiger partial charge in [0.15, 0.2) is 0 Å². The number of rotatable bonds is 9. The third kappa shape index (κ3) is 6.69. The second kappa shape index (κ2) is 11.3. The molecule has 0 aliphatic rings. The van der Waals surface area contributed by atoms with E-state index in [-0.39, 0.29) is 12.5 Å². The van der Waals surface area contributed by atoms with Crippen molar-refractivity contribution in [3.8, 4) is 11.5 Å². The van der Waals surface area contributed by atoms with Crippen molar-refractivity contribution in [2.24, 2.45) is 0 Å². The number of benzene rings is 1. The standard InChI is InChI=1S/C24H25N3O5S/c1-15-10-18(11-19(26-15)13-32-16(2)28)27-23(29)21-6-5-9-25-24(21)33-14-17-7-8-20(30-3)12-22(17)31-4/h5-12H,13-14H2,1-4H3,(H,26,27,29). The minimum atomic E-state index is -0.394. The first-order valence-electron chi connectivity index (χ1n) is 10.1. The van der Waals surface area contributed by atoms with E-state index in [0.29, 0.717) is 44.9 Å². The first-order chi connectivity index (χ1) is 15.9. The largest absolute Gasteiger partial charge is 0.497 e. The SMILES string of the molecule is COc1ccc(CSc2ncccc2C(=O)Nc2cc(C)nc(COC(C)=O)c2)c(OC)c1. The molecule has 0 radical (unpaired) electrons. The molecule has 0 spiro atoms. The lowest BCUT2D eigenvalue weighted by Crippen LogP contribution is -2.14. The average molecular weight is 468 g/mol. The van der Waals surface area contributed by atoms with Crippen LogP contribution in [0.1, 0.15) is 34.2 Å². The number of aryl methyl sites for hydroxylation is 1. The molecule has 2 heterocycles. The summed E-state index contributed by atoms with van der Waals surface area (Å²) in [4.78, 5) is 32.8. The maximum atomic E-state index is 13.0. The molecule has 0 bridgehead atoms. The van der Waals surface area contributed by atoms with E-state index in [2.05, 4.69) is 15.3 Å². The van der Waals surface area contributed by atoms with Gasteiger partial charge in [-0.25, -0.2) is 4.98 Å². The van der Waals surface area contributed by atoms with Crippen molar-refractivity contribution in [3.05, 3.63) is 71.2 Å². The zero-order valence-electron chi connectivity index (χ0n) is 18.9. The molecule has 1 amide bonds. The van der Waals surface area contributed by atoms with E-state index >= 15 is 0 Å². The molecule has 33 heavy (non-hydrogen) atoms. The van der Waals surface area contributed by atoms with E-state index in [1.165, 1.54) is 18.7 Å². The molecule has 3 rings (SSSR count). The Labute approximate surface area is 196 Å². The number of anilines is 1. The van der Waals surface area contributed by atoms with Crippen LogP contribution in [0.2, 0.25) is 0 Å². The van der Waals surface area contributed by atoms with Crippen molar-refractivity contribution in [1.29, 1.82) is 0 Å². The fourth-order valence-corrected chi connectivity index (χ4v) is 4.04. The zero-order valence-corrected chi connectivity index (χ0v) is 19.7. The number of hydrogen-bond donors (Lipinski definition) is 1. The van der Waals surface area contributed by atoms with Crippen LogP contribution in [0.25, 0.3) is 0 Å². The van der Waals surface area contributed by atoms with E-state index in [4.69, 9.17) is 14.2 Å². The van der Waals surface area contributed by atoms with Gasteiger partial charge in [-0.15, -0.1) is 11.8 Å². The van der Waals surface area contributed by atoms with Crippen molar-refractivity contribution < 1.29 is 23.8 Å². The second-order valence-electron chi connectivity index (χ2n) is 7.05. The van der Waals surface area contributed by atoms with Crippen LogP contribution in [0.3, 0.4) is 0 Å². The van der Waals surface area contributed by atoms with Crippen LogP contribution in [0.4, 0.5) is 5.69 Å².